The van der Waals surface area contributed by atoms with Gasteiger partial charge in [-0.1, -0.05) is 0 Å². The Morgan fingerprint density at radius 1 is 1.65 bits per heavy atom. The van der Waals surface area contributed by atoms with E-state index in [1.54, 1.807) is 17.7 Å². The SMILES string of the molecule is Cc1cn([C@H]2CC(O)[C@@H](CO)O2)c2nc(N)[nH]c(=O)c12. The lowest BCUT2D eigenvalue weighted by Crippen LogP contribution is -2.24. The van der Waals surface area contributed by atoms with Crippen LogP contribution in [0.3, 0.4) is 0 Å². The van der Waals surface area contributed by atoms with Gasteiger partial charge < -0.3 is 25.3 Å². The lowest BCUT2D eigenvalue weighted by Gasteiger charge is -2.14. The van der Waals surface area contributed by atoms with Crippen LogP contribution in [-0.4, -0.2) is 43.6 Å². The molecule has 1 aliphatic rings. The molecule has 3 heterocycles. The van der Waals surface area contributed by atoms with Crippen molar-refractivity contribution in [1.82, 2.24) is 14.5 Å². The first kappa shape index (κ1) is 13.1. The molecule has 8 nitrogen and oxygen atoms in total. The fourth-order valence-corrected chi connectivity index (χ4v) is 2.62. The number of nitrogens with zero attached hydrogens (tertiary/aromatic N) is 2. The van der Waals surface area contributed by atoms with Crippen molar-refractivity contribution in [2.45, 2.75) is 31.8 Å². The number of nitrogen functional groups attached to an aromatic ring is 1. The monoisotopic (exact) mass is 280 g/mol. The number of aliphatic hydroxyl groups is 2. The Balaban J connectivity index is 2.11. The number of H-pyrrole nitrogens is 1. The van der Waals surface area contributed by atoms with Crippen LogP contribution in [0.5, 0.6) is 0 Å². The van der Waals surface area contributed by atoms with Gasteiger partial charge in [0.15, 0.2) is 5.65 Å². The van der Waals surface area contributed by atoms with Gasteiger partial charge >= 0.3 is 0 Å². The Kier molecular flexibility index (Phi) is 3.00. The molecule has 0 amide bonds. The van der Waals surface area contributed by atoms with Gasteiger partial charge in [0.2, 0.25) is 5.95 Å². The minimum absolute atomic E-state index is 0.0269. The molecule has 2 aromatic heterocycles. The molecule has 1 saturated heterocycles. The van der Waals surface area contributed by atoms with Crippen molar-refractivity contribution < 1.29 is 14.9 Å². The largest absolute Gasteiger partial charge is 0.394 e. The van der Waals surface area contributed by atoms with Gasteiger partial charge in [-0.05, 0) is 12.5 Å². The molecule has 0 aromatic carbocycles. The summed E-state index contributed by atoms with van der Waals surface area (Å²) >= 11 is 0. The average Bonchev–Trinajstić information content (AvgIpc) is 2.90. The van der Waals surface area contributed by atoms with Crippen molar-refractivity contribution in [2.24, 2.45) is 0 Å². The maximum absolute atomic E-state index is 11.9. The van der Waals surface area contributed by atoms with Gasteiger partial charge in [0.25, 0.3) is 5.56 Å². The maximum Gasteiger partial charge on any atom is 0.262 e. The molecular formula is C12H16N4O4. The summed E-state index contributed by atoms with van der Waals surface area (Å²) in [6.45, 7) is 1.53. The van der Waals surface area contributed by atoms with Gasteiger partial charge in [0.1, 0.15) is 12.3 Å². The average molecular weight is 280 g/mol. The summed E-state index contributed by atoms with van der Waals surface area (Å²) in [7, 11) is 0. The number of aromatic amines is 1. The van der Waals surface area contributed by atoms with Crippen LogP contribution in [0.4, 0.5) is 5.95 Å². The van der Waals surface area contributed by atoms with E-state index in [1.807, 2.05) is 0 Å². The Hall–Kier alpha value is -1.90. The summed E-state index contributed by atoms with van der Waals surface area (Å²) in [6, 6.07) is 0. The number of anilines is 1. The fourth-order valence-electron chi connectivity index (χ4n) is 2.62. The molecule has 3 rings (SSSR count). The molecule has 0 radical (unpaired) electrons. The summed E-state index contributed by atoms with van der Waals surface area (Å²) in [6.07, 6.45) is 0.206. The summed E-state index contributed by atoms with van der Waals surface area (Å²) < 4.78 is 7.26. The van der Waals surface area contributed by atoms with E-state index in [1.165, 1.54) is 0 Å². The third-order valence-electron chi connectivity index (χ3n) is 3.58. The number of ether oxygens (including phenoxy) is 1. The Labute approximate surface area is 113 Å². The molecule has 20 heavy (non-hydrogen) atoms. The molecule has 3 atom stereocenters. The highest BCUT2D eigenvalue weighted by Crippen LogP contribution is 2.31. The zero-order chi connectivity index (χ0) is 14.4. The topological polar surface area (TPSA) is 126 Å². The number of fused-ring (bicyclic) bond motifs is 1. The van der Waals surface area contributed by atoms with Crippen molar-refractivity contribution in [1.29, 1.82) is 0 Å². The van der Waals surface area contributed by atoms with Crippen molar-refractivity contribution in [3.63, 3.8) is 0 Å². The number of nitrogens with one attached hydrogen (secondary N) is 1. The molecule has 0 bridgehead atoms. The van der Waals surface area contributed by atoms with Crippen LogP contribution in [0.15, 0.2) is 11.0 Å². The summed E-state index contributed by atoms with van der Waals surface area (Å²) in [5, 5.41) is 19.4. The normalized spacial score (nSPS) is 26.4. The predicted molar refractivity (Wildman–Crippen MR) is 71.1 cm³/mol. The summed E-state index contributed by atoms with van der Waals surface area (Å²) in [4.78, 5) is 18.5. The number of aryl methyl sites for hydroxylation is 1. The van der Waals surface area contributed by atoms with E-state index in [-0.39, 0.29) is 18.1 Å². The lowest BCUT2D eigenvalue weighted by molar-refractivity contribution is -0.0430. The highest BCUT2D eigenvalue weighted by Gasteiger charge is 2.35. The van der Waals surface area contributed by atoms with Crippen LogP contribution in [0.1, 0.15) is 18.2 Å². The van der Waals surface area contributed by atoms with Crippen molar-refractivity contribution in [3.05, 3.63) is 22.1 Å². The minimum atomic E-state index is -0.748. The molecule has 0 aliphatic carbocycles. The van der Waals surface area contributed by atoms with E-state index in [9.17, 15) is 9.90 Å². The van der Waals surface area contributed by atoms with Gasteiger partial charge in [0.05, 0.1) is 18.1 Å². The molecule has 2 aromatic rings. The predicted octanol–water partition coefficient (Wildman–Crippen LogP) is -0.744. The zero-order valence-corrected chi connectivity index (χ0v) is 10.9. The number of hydrogen-bond acceptors (Lipinski definition) is 6. The van der Waals surface area contributed by atoms with Gasteiger partial charge in [0, 0.05) is 12.6 Å². The van der Waals surface area contributed by atoms with Gasteiger partial charge in [-0.25, -0.2) is 0 Å². The number of aromatic nitrogens is 3. The standard InChI is InChI=1S/C12H16N4O4/c1-5-3-16(8-2-6(18)7(4-17)20-8)10-9(5)11(19)15-12(13)14-10/h3,6-8,17-18H,2,4H2,1H3,(H3,13,14,15,19)/t6?,7-,8-/m1/s1. The van der Waals surface area contributed by atoms with Crippen LogP contribution in [0.25, 0.3) is 11.0 Å². The van der Waals surface area contributed by atoms with E-state index in [0.717, 1.165) is 5.56 Å². The highest BCUT2D eigenvalue weighted by atomic mass is 16.5. The van der Waals surface area contributed by atoms with E-state index < -0.39 is 18.4 Å². The molecule has 1 fully saturated rings. The Morgan fingerprint density at radius 3 is 3.05 bits per heavy atom. The van der Waals surface area contributed by atoms with Gasteiger partial charge in [-0.15, -0.1) is 0 Å². The second kappa shape index (κ2) is 4.58. The number of aliphatic hydroxyl groups excluding tert-OH is 2. The van der Waals surface area contributed by atoms with Gasteiger partial charge in [-0.3, -0.25) is 9.78 Å². The third kappa shape index (κ3) is 1.89. The van der Waals surface area contributed by atoms with Crippen LogP contribution in [-0.2, 0) is 4.74 Å². The second-order valence-electron chi connectivity index (χ2n) is 4.98. The Morgan fingerprint density at radius 2 is 2.40 bits per heavy atom. The first-order valence-corrected chi connectivity index (χ1v) is 6.32. The molecule has 0 spiro atoms. The summed E-state index contributed by atoms with van der Waals surface area (Å²) in [5.41, 5.74) is 6.43. The van der Waals surface area contributed by atoms with E-state index >= 15 is 0 Å². The van der Waals surface area contributed by atoms with Crippen molar-refractivity contribution in [3.8, 4) is 0 Å². The molecule has 8 heteroatoms. The second-order valence-corrected chi connectivity index (χ2v) is 4.98. The van der Waals surface area contributed by atoms with E-state index in [4.69, 9.17) is 15.6 Å². The smallest absolute Gasteiger partial charge is 0.262 e. The first-order chi connectivity index (χ1) is 9.51. The van der Waals surface area contributed by atoms with E-state index in [2.05, 4.69) is 9.97 Å². The Bertz CT molecular complexity index is 707. The quantitative estimate of drug-likeness (QED) is 0.573. The maximum atomic E-state index is 11.9. The van der Waals surface area contributed by atoms with E-state index in [0.29, 0.717) is 17.5 Å². The molecule has 1 unspecified atom stereocenters. The molecule has 5 N–H and O–H groups in total. The third-order valence-corrected chi connectivity index (χ3v) is 3.58. The number of rotatable bonds is 2. The van der Waals surface area contributed by atoms with Crippen molar-refractivity contribution in [2.75, 3.05) is 12.3 Å². The first-order valence-electron chi connectivity index (χ1n) is 6.32. The molecular weight excluding hydrogens is 264 g/mol. The molecule has 108 valence electrons. The fraction of sp³-hybridized carbons (Fsp3) is 0.500. The minimum Gasteiger partial charge on any atom is -0.394 e. The zero-order valence-electron chi connectivity index (χ0n) is 10.9. The van der Waals surface area contributed by atoms with Crippen LogP contribution in [0, 0.1) is 6.92 Å². The number of hydrogen-bond donors (Lipinski definition) is 4. The van der Waals surface area contributed by atoms with Crippen LogP contribution < -0.4 is 11.3 Å². The molecule has 1 aliphatic heterocycles. The van der Waals surface area contributed by atoms with Crippen LogP contribution in [0.2, 0.25) is 0 Å². The van der Waals surface area contributed by atoms with Crippen LogP contribution >= 0.6 is 0 Å². The van der Waals surface area contributed by atoms with Gasteiger partial charge in [-0.2, -0.15) is 4.98 Å². The highest BCUT2D eigenvalue weighted by molar-refractivity contribution is 5.80. The summed E-state index contributed by atoms with van der Waals surface area (Å²) in [5.74, 6) is 0.0269. The van der Waals surface area contributed by atoms with Crippen molar-refractivity contribution >= 4 is 17.0 Å². The molecule has 0 saturated carbocycles. The lowest BCUT2D eigenvalue weighted by atomic mass is 10.2. The number of nitrogens with two attached hydrogens (primary N) is 1.